The minimum Gasteiger partial charge on any atom is -0.462 e. The van der Waals surface area contributed by atoms with E-state index >= 15 is 0 Å². The molecule has 1 atom stereocenters. The van der Waals surface area contributed by atoms with E-state index in [9.17, 15) is 14.4 Å². The van der Waals surface area contributed by atoms with Crippen molar-refractivity contribution in [3.05, 3.63) is 170 Å². The maximum Gasteiger partial charge on any atom is 0.306 e. The Labute approximate surface area is 485 Å². The van der Waals surface area contributed by atoms with Crippen molar-refractivity contribution in [2.75, 3.05) is 13.2 Å². The number of unbranched alkanes of at least 4 members (excludes halogenated alkanes) is 16. The van der Waals surface area contributed by atoms with Crippen molar-refractivity contribution < 1.29 is 28.6 Å². The van der Waals surface area contributed by atoms with E-state index < -0.39 is 6.10 Å². The Morgan fingerprint density at radius 2 is 0.494 bits per heavy atom. The fraction of sp³-hybridized carbons (Fsp3) is 0.575. The van der Waals surface area contributed by atoms with Crippen LogP contribution in [0.3, 0.4) is 0 Å². The van der Waals surface area contributed by atoms with Crippen molar-refractivity contribution in [1.82, 2.24) is 0 Å². The van der Waals surface area contributed by atoms with E-state index in [2.05, 4.69) is 191 Å². The molecular formula is C73H114O6. The van der Waals surface area contributed by atoms with Gasteiger partial charge in [-0.2, -0.15) is 0 Å². The van der Waals surface area contributed by atoms with Gasteiger partial charge < -0.3 is 14.2 Å². The third-order valence-corrected chi connectivity index (χ3v) is 12.7. The minimum atomic E-state index is -0.821. The molecule has 442 valence electrons. The van der Waals surface area contributed by atoms with Gasteiger partial charge in [-0.15, -0.1) is 0 Å². The molecule has 0 aliphatic heterocycles. The van der Waals surface area contributed by atoms with Gasteiger partial charge in [-0.25, -0.2) is 0 Å². The highest BCUT2D eigenvalue weighted by atomic mass is 16.6. The lowest BCUT2D eigenvalue weighted by Gasteiger charge is -2.18. The number of rotatable bonds is 55. The van der Waals surface area contributed by atoms with E-state index in [1.54, 1.807) is 0 Å². The van der Waals surface area contributed by atoms with E-state index in [4.69, 9.17) is 14.2 Å². The number of allylic oxidation sites excluding steroid dienone is 28. The van der Waals surface area contributed by atoms with Crippen LogP contribution < -0.4 is 0 Å². The standard InChI is InChI=1S/C73H114O6/c1-4-7-10-13-16-19-22-25-28-30-32-33-34-35-36-37-38-39-41-42-45-48-51-54-57-60-63-66-72(75)78-69-70(68-77-71(74)65-62-59-56-53-50-47-44-27-24-21-18-15-12-9-6-3)79-73(76)67-64-61-58-55-52-49-46-43-40-31-29-26-23-20-17-14-11-8-5-2/h7,9-10,12,16-21,25-29,32-33,35-36,38-40,42-45,51,54,70H,4-6,8,11,13-15,22-24,30-31,34,37,41,46-50,52-53,55-69H2,1-3H3/b10-7-,12-9-,19-16-,20-17-,21-18-,28-25-,29-26-,33-32-,36-35-,39-38-,43-40-,44-27-,45-42-,54-51-. The van der Waals surface area contributed by atoms with Crippen LogP contribution in [0, 0.1) is 0 Å². The van der Waals surface area contributed by atoms with Gasteiger partial charge in [0.25, 0.3) is 0 Å². The van der Waals surface area contributed by atoms with Crippen LogP contribution in [-0.4, -0.2) is 37.2 Å². The van der Waals surface area contributed by atoms with Crippen LogP contribution >= 0.6 is 0 Å². The van der Waals surface area contributed by atoms with Gasteiger partial charge in [0.15, 0.2) is 6.10 Å². The average Bonchev–Trinajstić information content (AvgIpc) is 3.45. The smallest absolute Gasteiger partial charge is 0.306 e. The number of carbonyl (C=O) groups excluding carboxylic acids is 3. The molecule has 79 heavy (non-hydrogen) atoms. The number of hydrogen-bond donors (Lipinski definition) is 0. The topological polar surface area (TPSA) is 78.9 Å². The number of hydrogen-bond acceptors (Lipinski definition) is 6. The van der Waals surface area contributed by atoms with Gasteiger partial charge in [0.2, 0.25) is 0 Å². The summed E-state index contributed by atoms with van der Waals surface area (Å²) in [5, 5.41) is 0. The van der Waals surface area contributed by atoms with E-state index in [1.807, 2.05) is 0 Å². The Bertz CT molecular complexity index is 1820. The lowest BCUT2D eigenvalue weighted by atomic mass is 10.1. The van der Waals surface area contributed by atoms with Crippen LogP contribution in [0.1, 0.15) is 252 Å². The first kappa shape index (κ1) is 73.8. The number of ether oxygens (including phenoxy) is 3. The highest BCUT2D eigenvalue weighted by molar-refractivity contribution is 5.71. The molecule has 0 spiro atoms. The fourth-order valence-corrected chi connectivity index (χ4v) is 8.01. The summed E-state index contributed by atoms with van der Waals surface area (Å²) in [6.07, 6.45) is 96.3. The molecule has 0 N–H and O–H groups in total. The van der Waals surface area contributed by atoms with Gasteiger partial charge in [-0.05, 0) is 154 Å². The molecule has 1 unspecified atom stereocenters. The predicted molar refractivity (Wildman–Crippen MR) is 343 cm³/mol. The molecule has 0 amide bonds. The van der Waals surface area contributed by atoms with Crippen molar-refractivity contribution in [2.45, 2.75) is 258 Å². The maximum absolute atomic E-state index is 12.9. The summed E-state index contributed by atoms with van der Waals surface area (Å²) in [5.41, 5.74) is 0. The third kappa shape index (κ3) is 63.5. The van der Waals surface area contributed by atoms with Crippen LogP contribution in [0.5, 0.6) is 0 Å². The fourth-order valence-electron chi connectivity index (χ4n) is 8.01. The first-order valence-corrected chi connectivity index (χ1v) is 31.6. The van der Waals surface area contributed by atoms with Crippen molar-refractivity contribution in [3.63, 3.8) is 0 Å². The average molecular weight is 1090 g/mol. The molecule has 0 rings (SSSR count). The lowest BCUT2D eigenvalue weighted by molar-refractivity contribution is -0.167. The summed E-state index contributed by atoms with van der Waals surface area (Å²) in [6.45, 7) is 6.32. The SMILES string of the molecule is CC/C=C\C/C=C\C/C=C\C/C=C\C/C=C\C/C=C\C/C=C\C/C=C\CCCCC(=O)OCC(COC(=O)CCCCCCC/C=C\C/C=C\C/C=C\CC)OC(=O)CCCCCCCC/C=C\C/C=C\C/C=C\CCCCC. The normalized spacial score (nSPS) is 13.3. The molecule has 0 bridgehead atoms. The highest BCUT2D eigenvalue weighted by Crippen LogP contribution is 2.13. The Hall–Kier alpha value is -5.23. The monoisotopic (exact) mass is 1090 g/mol. The van der Waals surface area contributed by atoms with Gasteiger partial charge in [0.1, 0.15) is 13.2 Å². The molecular weight excluding hydrogens is 973 g/mol. The second-order valence-electron chi connectivity index (χ2n) is 20.2. The van der Waals surface area contributed by atoms with Gasteiger partial charge in [0.05, 0.1) is 0 Å². The molecule has 0 saturated carbocycles. The zero-order valence-electron chi connectivity index (χ0n) is 50.6. The second-order valence-corrected chi connectivity index (χ2v) is 20.2. The largest absolute Gasteiger partial charge is 0.462 e. The Morgan fingerprint density at radius 3 is 0.797 bits per heavy atom. The summed E-state index contributed by atoms with van der Waals surface area (Å²) in [7, 11) is 0. The zero-order valence-corrected chi connectivity index (χ0v) is 50.6. The molecule has 6 heteroatoms. The van der Waals surface area contributed by atoms with Gasteiger partial charge in [-0.1, -0.05) is 249 Å². The Kier molecular flexibility index (Phi) is 61.0. The third-order valence-electron chi connectivity index (χ3n) is 12.7. The quantitative estimate of drug-likeness (QED) is 0.0261. The molecule has 0 radical (unpaired) electrons. The molecule has 0 aromatic rings. The van der Waals surface area contributed by atoms with Crippen molar-refractivity contribution >= 4 is 17.9 Å². The van der Waals surface area contributed by atoms with Crippen molar-refractivity contribution in [2.24, 2.45) is 0 Å². The molecule has 0 aromatic heterocycles. The molecule has 0 aromatic carbocycles. The number of esters is 3. The molecule has 6 nitrogen and oxygen atoms in total. The predicted octanol–water partition coefficient (Wildman–Crippen LogP) is 21.9. The molecule has 0 fully saturated rings. The summed E-state index contributed by atoms with van der Waals surface area (Å²) >= 11 is 0. The first-order valence-electron chi connectivity index (χ1n) is 31.6. The minimum absolute atomic E-state index is 0.114. The van der Waals surface area contributed by atoms with Gasteiger partial charge in [0, 0.05) is 19.3 Å². The van der Waals surface area contributed by atoms with Crippen molar-refractivity contribution in [1.29, 1.82) is 0 Å². The van der Waals surface area contributed by atoms with E-state index in [-0.39, 0.29) is 37.5 Å². The van der Waals surface area contributed by atoms with E-state index in [0.29, 0.717) is 19.3 Å². The highest BCUT2D eigenvalue weighted by Gasteiger charge is 2.19. The van der Waals surface area contributed by atoms with Crippen molar-refractivity contribution in [3.8, 4) is 0 Å². The molecule has 0 saturated heterocycles. The lowest BCUT2D eigenvalue weighted by Crippen LogP contribution is -2.30. The molecule has 0 heterocycles. The Balaban J connectivity index is 4.52. The van der Waals surface area contributed by atoms with Gasteiger partial charge >= 0.3 is 17.9 Å². The summed E-state index contributed by atoms with van der Waals surface area (Å²) in [6, 6.07) is 0. The van der Waals surface area contributed by atoms with E-state index in [0.717, 1.165) is 167 Å². The second kappa shape index (κ2) is 65.3. The zero-order chi connectivity index (χ0) is 57.1. The summed E-state index contributed by atoms with van der Waals surface area (Å²) in [4.78, 5) is 38.3. The first-order chi connectivity index (χ1) is 39.0. The van der Waals surface area contributed by atoms with Crippen LogP contribution in [0.2, 0.25) is 0 Å². The summed E-state index contributed by atoms with van der Waals surface area (Å²) in [5.74, 6) is -0.994. The Morgan fingerprint density at radius 1 is 0.266 bits per heavy atom. The number of carbonyl (C=O) groups is 3. The molecule has 0 aliphatic rings. The summed E-state index contributed by atoms with van der Waals surface area (Å²) < 4.78 is 16.9. The van der Waals surface area contributed by atoms with Crippen LogP contribution in [0.4, 0.5) is 0 Å². The molecule has 0 aliphatic carbocycles. The van der Waals surface area contributed by atoms with Crippen LogP contribution in [0.15, 0.2) is 170 Å². The van der Waals surface area contributed by atoms with E-state index in [1.165, 1.54) is 38.5 Å². The van der Waals surface area contributed by atoms with Gasteiger partial charge in [-0.3, -0.25) is 14.4 Å². The van der Waals surface area contributed by atoms with Crippen LogP contribution in [0.25, 0.3) is 0 Å². The van der Waals surface area contributed by atoms with Crippen LogP contribution in [-0.2, 0) is 28.6 Å². The maximum atomic E-state index is 12.9.